The fraction of sp³-hybridized carbons (Fsp3) is 0.538. The third-order valence-electron chi connectivity index (χ3n) is 2.57. The lowest BCUT2D eigenvalue weighted by Crippen LogP contribution is -2.33. The van der Waals surface area contributed by atoms with E-state index >= 15 is 0 Å². The minimum Gasteiger partial charge on any atom is -0.383 e. The van der Waals surface area contributed by atoms with Gasteiger partial charge in [0, 0.05) is 51.5 Å². The Kier molecular flexibility index (Phi) is 7.50. The number of pyridine rings is 1. The Morgan fingerprint density at radius 2 is 2.15 bits per heavy atom. The van der Waals surface area contributed by atoms with E-state index in [4.69, 9.17) is 4.74 Å². The normalized spacial score (nSPS) is 10.4. The number of rotatable bonds is 8. The standard InChI is InChI=1S/C13H21BrN4O2/c1-18(2)12-11(8-10(14)9-17-12)13(19)16-5-4-15-6-7-20-3/h8-9,15H,4-7H2,1-3H3,(H,16,19). The van der Waals surface area contributed by atoms with Crippen molar-refractivity contribution in [2.75, 3.05) is 52.3 Å². The van der Waals surface area contributed by atoms with Gasteiger partial charge in [-0.05, 0) is 22.0 Å². The quantitative estimate of drug-likeness (QED) is 0.685. The summed E-state index contributed by atoms with van der Waals surface area (Å²) in [6.45, 7) is 2.69. The Balaban J connectivity index is 2.52. The molecule has 112 valence electrons. The highest BCUT2D eigenvalue weighted by molar-refractivity contribution is 9.10. The molecule has 0 atom stereocenters. The van der Waals surface area contributed by atoms with Crippen LogP contribution in [0.5, 0.6) is 0 Å². The summed E-state index contributed by atoms with van der Waals surface area (Å²) in [5.74, 6) is 0.522. The maximum Gasteiger partial charge on any atom is 0.255 e. The lowest BCUT2D eigenvalue weighted by molar-refractivity contribution is 0.0954. The van der Waals surface area contributed by atoms with Gasteiger partial charge in [0.15, 0.2) is 0 Å². The van der Waals surface area contributed by atoms with Crippen LogP contribution in [0.1, 0.15) is 10.4 Å². The molecule has 0 spiro atoms. The van der Waals surface area contributed by atoms with Crippen molar-refractivity contribution < 1.29 is 9.53 Å². The van der Waals surface area contributed by atoms with Crippen LogP contribution in [0.15, 0.2) is 16.7 Å². The average molecular weight is 345 g/mol. The molecule has 0 aliphatic carbocycles. The molecule has 20 heavy (non-hydrogen) atoms. The lowest BCUT2D eigenvalue weighted by Gasteiger charge is -2.16. The van der Waals surface area contributed by atoms with Gasteiger partial charge >= 0.3 is 0 Å². The van der Waals surface area contributed by atoms with Gasteiger partial charge in [-0.1, -0.05) is 0 Å². The van der Waals surface area contributed by atoms with Crippen molar-refractivity contribution in [3.63, 3.8) is 0 Å². The summed E-state index contributed by atoms with van der Waals surface area (Å²) in [6, 6.07) is 1.77. The van der Waals surface area contributed by atoms with E-state index in [0.29, 0.717) is 31.1 Å². The molecular weight excluding hydrogens is 324 g/mol. The van der Waals surface area contributed by atoms with Crippen LogP contribution in [0, 0.1) is 0 Å². The van der Waals surface area contributed by atoms with E-state index < -0.39 is 0 Å². The number of halogens is 1. The number of anilines is 1. The molecule has 6 nitrogen and oxygen atoms in total. The molecule has 0 radical (unpaired) electrons. The number of carbonyl (C=O) groups excluding carboxylic acids is 1. The molecule has 1 amide bonds. The lowest BCUT2D eigenvalue weighted by atomic mass is 10.2. The van der Waals surface area contributed by atoms with Gasteiger partial charge in [-0.2, -0.15) is 0 Å². The highest BCUT2D eigenvalue weighted by atomic mass is 79.9. The second-order valence-corrected chi connectivity index (χ2v) is 5.33. The highest BCUT2D eigenvalue weighted by Gasteiger charge is 2.14. The maximum atomic E-state index is 12.2. The van der Waals surface area contributed by atoms with Crippen molar-refractivity contribution in [1.29, 1.82) is 0 Å². The van der Waals surface area contributed by atoms with Gasteiger partial charge in [0.2, 0.25) is 0 Å². The van der Waals surface area contributed by atoms with E-state index in [9.17, 15) is 4.79 Å². The molecule has 2 N–H and O–H groups in total. The van der Waals surface area contributed by atoms with E-state index in [1.165, 1.54) is 0 Å². The first-order valence-corrected chi connectivity index (χ1v) is 7.16. The molecule has 0 aromatic carbocycles. The summed E-state index contributed by atoms with van der Waals surface area (Å²) in [5.41, 5.74) is 0.557. The van der Waals surface area contributed by atoms with Gasteiger partial charge in [-0.3, -0.25) is 4.79 Å². The molecule has 0 unspecified atom stereocenters. The molecule has 0 bridgehead atoms. The van der Waals surface area contributed by atoms with E-state index in [0.717, 1.165) is 11.0 Å². The Labute approximate surface area is 128 Å². The minimum absolute atomic E-state index is 0.129. The van der Waals surface area contributed by atoms with Crippen LogP contribution in [0.25, 0.3) is 0 Å². The summed E-state index contributed by atoms with van der Waals surface area (Å²) in [5, 5.41) is 6.04. The van der Waals surface area contributed by atoms with Crippen molar-refractivity contribution in [1.82, 2.24) is 15.6 Å². The number of nitrogens with one attached hydrogen (secondary N) is 2. The maximum absolute atomic E-state index is 12.2. The van der Waals surface area contributed by atoms with E-state index in [1.54, 1.807) is 19.4 Å². The molecule has 1 aromatic rings. The predicted octanol–water partition coefficient (Wildman–Crippen LogP) is 0.876. The third kappa shape index (κ3) is 5.44. The van der Waals surface area contributed by atoms with Crippen molar-refractivity contribution in [3.05, 3.63) is 22.3 Å². The number of aromatic nitrogens is 1. The van der Waals surface area contributed by atoms with Crippen LogP contribution in [0.3, 0.4) is 0 Å². The van der Waals surface area contributed by atoms with E-state index in [-0.39, 0.29) is 5.91 Å². The molecule has 1 aromatic heterocycles. The van der Waals surface area contributed by atoms with Gasteiger partial charge in [0.1, 0.15) is 5.82 Å². The Morgan fingerprint density at radius 1 is 1.40 bits per heavy atom. The van der Waals surface area contributed by atoms with Crippen LogP contribution in [-0.2, 0) is 4.74 Å². The van der Waals surface area contributed by atoms with Crippen molar-refractivity contribution in [3.8, 4) is 0 Å². The summed E-state index contributed by atoms with van der Waals surface area (Å²) in [7, 11) is 5.38. The molecule has 7 heteroatoms. The molecule has 0 fully saturated rings. The van der Waals surface area contributed by atoms with Crippen LogP contribution in [0.2, 0.25) is 0 Å². The number of methoxy groups -OCH3 is 1. The summed E-state index contributed by atoms with van der Waals surface area (Å²) >= 11 is 3.34. The fourth-order valence-electron chi connectivity index (χ4n) is 1.61. The zero-order valence-corrected chi connectivity index (χ0v) is 13.7. The first-order valence-electron chi connectivity index (χ1n) is 6.37. The fourth-order valence-corrected chi connectivity index (χ4v) is 1.95. The van der Waals surface area contributed by atoms with Gasteiger partial charge in [0.25, 0.3) is 5.91 Å². The topological polar surface area (TPSA) is 66.5 Å². The monoisotopic (exact) mass is 344 g/mol. The molecule has 0 saturated carbocycles. The zero-order chi connectivity index (χ0) is 15.0. The first-order chi connectivity index (χ1) is 9.56. The van der Waals surface area contributed by atoms with Crippen molar-refractivity contribution in [2.24, 2.45) is 0 Å². The second kappa shape index (κ2) is 8.89. The minimum atomic E-state index is -0.129. The van der Waals surface area contributed by atoms with Crippen LogP contribution in [-0.4, -0.2) is 58.3 Å². The third-order valence-corrected chi connectivity index (χ3v) is 3.01. The number of nitrogens with zero attached hydrogens (tertiary/aromatic N) is 2. The second-order valence-electron chi connectivity index (χ2n) is 4.42. The van der Waals surface area contributed by atoms with Crippen molar-refractivity contribution in [2.45, 2.75) is 0 Å². The number of hydrogen-bond donors (Lipinski definition) is 2. The molecule has 1 rings (SSSR count). The van der Waals surface area contributed by atoms with Crippen LogP contribution >= 0.6 is 15.9 Å². The summed E-state index contributed by atoms with van der Waals surface area (Å²) in [4.78, 5) is 18.2. The van der Waals surface area contributed by atoms with Gasteiger partial charge in [0.05, 0.1) is 12.2 Å². The van der Waals surface area contributed by atoms with Crippen LogP contribution in [0.4, 0.5) is 5.82 Å². The van der Waals surface area contributed by atoms with E-state index in [1.807, 2.05) is 19.0 Å². The number of hydrogen-bond acceptors (Lipinski definition) is 5. The van der Waals surface area contributed by atoms with Gasteiger partial charge in [-0.25, -0.2) is 4.98 Å². The number of carbonyl (C=O) groups is 1. The molecule has 1 heterocycles. The first kappa shape index (κ1) is 16.9. The van der Waals surface area contributed by atoms with E-state index in [2.05, 4.69) is 31.5 Å². The molecule has 0 aliphatic rings. The Morgan fingerprint density at radius 3 is 2.80 bits per heavy atom. The number of ether oxygens (including phenoxy) is 1. The highest BCUT2D eigenvalue weighted by Crippen LogP contribution is 2.19. The predicted molar refractivity (Wildman–Crippen MR) is 83.3 cm³/mol. The largest absolute Gasteiger partial charge is 0.383 e. The zero-order valence-electron chi connectivity index (χ0n) is 12.1. The van der Waals surface area contributed by atoms with Gasteiger partial charge in [-0.15, -0.1) is 0 Å². The average Bonchev–Trinajstić information content (AvgIpc) is 2.42. The Bertz CT molecular complexity index is 440. The molecule has 0 saturated heterocycles. The van der Waals surface area contributed by atoms with Crippen LogP contribution < -0.4 is 15.5 Å². The summed E-state index contributed by atoms with van der Waals surface area (Å²) in [6.07, 6.45) is 1.68. The molecule has 0 aliphatic heterocycles. The van der Waals surface area contributed by atoms with Gasteiger partial charge < -0.3 is 20.3 Å². The smallest absolute Gasteiger partial charge is 0.255 e. The summed E-state index contributed by atoms with van der Waals surface area (Å²) < 4.78 is 5.71. The molecular formula is C13H21BrN4O2. The van der Waals surface area contributed by atoms with Crippen molar-refractivity contribution >= 4 is 27.7 Å². The number of amides is 1. The Hall–Kier alpha value is -1.18. The SMILES string of the molecule is COCCNCCNC(=O)c1cc(Br)cnc1N(C)C.